The first-order chi connectivity index (χ1) is 7.86. The number of aliphatic carboxylic acids is 2. The summed E-state index contributed by atoms with van der Waals surface area (Å²) in [6, 6.07) is 0. The van der Waals surface area contributed by atoms with Crippen molar-refractivity contribution in [3.63, 3.8) is 0 Å². The van der Waals surface area contributed by atoms with Gasteiger partial charge in [-0.1, -0.05) is 20.8 Å². The highest BCUT2D eigenvalue weighted by Crippen LogP contribution is 2.56. The number of hydrogen-bond acceptors (Lipinski definition) is 2. The molecule has 0 aromatic carbocycles. The molecule has 0 bridgehead atoms. The van der Waals surface area contributed by atoms with E-state index in [1.807, 2.05) is 6.92 Å². The lowest BCUT2D eigenvalue weighted by atomic mass is 9.51. The molecule has 0 spiro atoms. The minimum atomic E-state index is -1.11. The second kappa shape index (κ2) is 4.67. The van der Waals surface area contributed by atoms with Crippen molar-refractivity contribution in [1.29, 1.82) is 0 Å². The summed E-state index contributed by atoms with van der Waals surface area (Å²) >= 11 is 0. The fraction of sp³-hybridized carbons (Fsp3) is 0.846. The third kappa shape index (κ3) is 1.83. The maximum atomic E-state index is 11.7. The van der Waals surface area contributed by atoms with Crippen molar-refractivity contribution in [2.24, 2.45) is 16.7 Å². The Hall–Kier alpha value is -1.06. The van der Waals surface area contributed by atoms with Crippen LogP contribution in [-0.4, -0.2) is 22.2 Å². The van der Waals surface area contributed by atoms with Gasteiger partial charge in [0, 0.05) is 0 Å². The van der Waals surface area contributed by atoms with Gasteiger partial charge >= 0.3 is 11.9 Å². The fourth-order valence-corrected chi connectivity index (χ4v) is 3.53. The molecule has 3 unspecified atom stereocenters. The van der Waals surface area contributed by atoms with E-state index in [1.165, 1.54) is 0 Å². The van der Waals surface area contributed by atoms with E-state index in [-0.39, 0.29) is 5.92 Å². The summed E-state index contributed by atoms with van der Waals surface area (Å²) in [4.78, 5) is 23.3. The van der Waals surface area contributed by atoms with E-state index in [1.54, 1.807) is 13.8 Å². The molecule has 0 saturated heterocycles. The van der Waals surface area contributed by atoms with Gasteiger partial charge in [-0.05, 0) is 38.0 Å². The van der Waals surface area contributed by atoms with E-state index in [9.17, 15) is 19.8 Å². The molecule has 4 nitrogen and oxygen atoms in total. The van der Waals surface area contributed by atoms with Gasteiger partial charge in [0.1, 0.15) is 0 Å². The maximum Gasteiger partial charge on any atom is 0.310 e. The smallest absolute Gasteiger partial charge is 0.310 e. The Balaban J connectivity index is 3.33. The highest BCUT2D eigenvalue weighted by molar-refractivity contribution is 5.87. The maximum absolute atomic E-state index is 11.7. The second-order valence-corrected chi connectivity index (χ2v) is 5.33. The van der Waals surface area contributed by atoms with Crippen LogP contribution in [-0.2, 0) is 9.59 Å². The summed E-state index contributed by atoms with van der Waals surface area (Å²) in [5, 5.41) is 19.1. The Bertz CT molecular complexity index is 325. The second-order valence-electron chi connectivity index (χ2n) is 5.33. The molecule has 0 aromatic rings. The van der Waals surface area contributed by atoms with Crippen LogP contribution in [0.2, 0.25) is 0 Å². The predicted octanol–water partition coefficient (Wildman–Crippen LogP) is 2.77. The Morgan fingerprint density at radius 3 is 1.94 bits per heavy atom. The van der Waals surface area contributed by atoms with Crippen molar-refractivity contribution < 1.29 is 19.8 Å². The Morgan fingerprint density at radius 1 is 1.12 bits per heavy atom. The van der Waals surface area contributed by atoms with Crippen molar-refractivity contribution >= 4 is 11.9 Å². The monoisotopic (exact) mass is 242 g/mol. The molecule has 3 atom stereocenters. The van der Waals surface area contributed by atoms with E-state index in [0.29, 0.717) is 25.7 Å². The molecule has 2 N–H and O–H groups in total. The first kappa shape index (κ1) is 14.0. The van der Waals surface area contributed by atoms with Crippen LogP contribution in [0.5, 0.6) is 0 Å². The number of carboxylic acid groups (broad SMARTS) is 2. The van der Waals surface area contributed by atoms with Gasteiger partial charge in [0.15, 0.2) is 0 Å². The molecule has 0 aromatic heterocycles. The summed E-state index contributed by atoms with van der Waals surface area (Å²) in [5.74, 6) is -1.61. The van der Waals surface area contributed by atoms with Gasteiger partial charge in [-0.2, -0.15) is 0 Å². The average Bonchev–Trinajstić information content (AvgIpc) is 2.28. The van der Waals surface area contributed by atoms with E-state index in [0.717, 1.165) is 6.42 Å². The molecule has 1 aliphatic carbocycles. The highest BCUT2D eigenvalue weighted by Gasteiger charge is 2.61. The number of hydrogen-bond donors (Lipinski definition) is 2. The van der Waals surface area contributed by atoms with Crippen molar-refractivity contribution in [2.75, 3.05) is 0 Å². The zero-order valence-corrected chi connectivity index (χ0v) is 10.8. The lowest BCUT2D eigenvalue weighted by Crippen LogP contribution is -2.55. The number of carboxylic acids is 2. The van der Waals surface area contributed by atoms with Crippen molar-refractivity contribution in [2.45, 2.75) is 52.9 Å². The number of carbonyl (C=O) groups is 2. The third-order valence-corrected chi connectivity index (χ3v) is 4.70. The van der Waals surface area contributed by atoms with Crippen LogP contribution in [0.25, 0.3) is 0 Å². The van der Waals surface area contributed by atoms with Crippen LogP contribution in [0.3, 0.4) is 0 Å². The van der Waals surface area contributed by atoms with Crippen molar-refractivity contribution in [3.8, 4) is 0 Å². The van der Waals surface area contributed by atoms with Crippen LogP contribution in [0, 0.1) is 16.7 Å². The van der Waals surface area contributed by atoms with E-state index >= 15 is 0 Å². The van der Waals surface area contributed by atoms with Gasteiger partial charge in [-0.3, -0.25) is 9.59 Å². The van der Waals surface area contributed by atoms with Crippen LogP contribution in [0.15, 0.2) is 0 Å². The van der Waals surface area contributed by atoms with Gasteiger partial charge in [0.05, 0.1) is 10.8 Å². The van der Waals surface area contributed by atoms with E-state index < -0.39 is 22.8 Å². The quantitative estimate of drug-likeness (QED) is 0.794. The van der Waals surface area contributed by atoms with Crippen LogP contribution >= 0.6 is 0 Å². The summed E-state index contributed by atoms with van der Waals surface area (Å²) in [6.07, 6.45) is 2.51. The van der Waals surface area contributed by atoms with Crippen molar-refractivity contribution in [3.05, 3.63) is 0 Å². The minimum Gasteiger partial charge on any atom is -0.481 e. The molecule has 0 aliphatic heterocycles. The first-order valence-corrected chi connectivity index (χ1v) is 6.33. The van der Waals surface area contributed by atoms with E-state index in [4.69, 9.17) is 0 Å². The van der Waals surface area contributed by atoms with Gasteiger partial charge < -0.3 is 10.2 Å². The molecule has 1 fully saturated rings. The Kier molecular flexibility index (Phi) is 3.84. The Labute approximate surface area is 102 Å². The lowest BCUT2D eigenvalue weighted by Gasteiger charge is -2.49. The van der Waals surface area contributed by atoms with Gasteiger partial charge in [0.25, 0.3) is 0 Å². The van der Waals surface area contributed by atoms with Crippen LogP contribution in [0.1, 0.15) is 52.9 Å². The summed E-state index contributed by atoms with van der Waals surface area (Å²) in [7, 11) is 0. The molecule has 98 valence electrons. The normalized spacial score (nSPS) is 37.7. The zero-order chi connectivity index (χ0) is 13.3. The largest absolute Gasteiger partial charge is 0.481 e. The molecule has 0 amide bonds. The summed E-state index contributed by atoms with van der Waals surface area (Å²) in [6.45, 7) is 5.59. The average molecular weight is 242 g/mol. The molecule has 1 aliphatic rings. The topological polar surface area (TPSA) is 74.6 Å². The predicted molar refractivity (Wildman–Crippen MR) is 63.7 cm³/mol. The first-order valence-electron chi connectivity index (χ1n) is 6.33. The van der Waals surface area contributed by atoms with Crippen LogP contribution < -0.4 is 0 Å². The summed E-state index contributed by atoms with van der Waals surface area (Å²) in [5.41, 5.74) is -2.20. The van der Waals surface area contributed by atoms with Gasteiger partial charge in [-0.15, -0.1) is 0 Å². The van der Waals surface area contributed by atoms with Crippen LogP contribution in [0.4, 0.5) is 0 Å². The molecule has 4 heteroatoms. The molecular formula is C13H22O4. The number of rotatable bonds is 4. The SMILES string of the molecule is CCC1(C(=O)O)CCC(C)CC1(CC)C(=O)O. The standard InChI is InChI=1S/C13H22O4/c1-4-12(10(14)15)7-6-9(3)8-13(12,5-2)11(16)17/h9H,4-8H2,1-3H3,(H,14,15)(H,16,17). The third-order valence-electron chi connectivity index (χ3n) is 4.70. The highest BCUT2D eigenvalue weighted by atomic mass is 16.4. The summed E-state index contributed by atoms with van der Waals surface area (Å²) < 4.78 is 0. The molecule has 17 heavy (non-hydrogen) atoms. The van der Waals surface area contributed by atoms with Gasteiger partial charge in [-0.25, -0.2) is 0 Å². The molecule has 0 radical (unpaired) electrons. The lowest BCUT2D eigenvalue weighted by molar-refractivity contribution is -0.183. The zero-order valence-electron chi connectivity index (χ0n) is 10.8. The molecule has 1 rings (SSSR count). The van der Waals surface area contributed by atoms with Gasteiger partial charge in [0.2, 0.25) is 0 Å². The van der Waals surface area contributed by atoms with E-state index in [2.05, 4.69) is 0 Å². The minimum absolute atomic E-state index is 0.282. The molecule has 0 heterocycles. The Morgan fingerprint density at radius 2 is 1.59 bits per heavy atom. The van der Waals surface area contributed by atoms with Crippen molar-refractivity contribution in [1.82, 2.24) is 0 Å². The fourth-order valence-electron chi connectivity index (χ4n) is 3.53. The molecule has 1 saturated carbocycles. The molecular weight excluding hydrogens is 220 g/mol.